The third-order valence-corrected chi connectivity index (χ3v) is 3.86. The van der Waals surface area contributed by atoms with E-state index >= 15 is 0 Å². The van der Waals surface area contributed by atoms with Crippen molar-refractivity contribution in [3.8, 4) is 0 Å². The number of aryl methyl sites for hydroxylation is 2. The fourth-order valence-electron chi connectivity index (χ4n) is 2.46. The van der Waals surface area contributed by atoms with Gasteiger partial charge >= 0.3 is 5.97 Å². The number of benzene rings is 2. The molecule has 0 spiro atoms. The third-order valence-electron chi connectivity index (χ3n) is 3.86. The zero-order valence-electron chi connectivity index (χ0n) is 14.4. The first-order valence-electron chi connectivity index (χ1n) is 7.98. The van der Waals surface area contributed by atoms with Gasteiger partial charge < -0.3 is 9.64 Å². The van der Waals surface area contributed by atoms with Gasteiger partial charge in [-0.25, -0.2) is 0 Å². The SMILES string of the molecule is COC(=O)CCN(Cc1ccc(C)cc1)C(=O)c1cccc(C)c1. The Balaban J connectivity index is 2.19. The number of esters is 1. The Hall–Kier alpha value is -2.62. The van der Waals surface area contributed by atoms with Gasteiger partial charge in [-0.05, 0) is 31.5 Å². The van der Waals surface area contributed by atoms with Crippen LogP contribution in [0.5, 0.6) is 0 Å². The highest BCUT2D eigenvalue weighted by Crippen LogP contribution is 2.13. The quantitative estimate of drug-likeness (QED) is 0.764. The van der Waals surface area contributed by atoms with Crippen molar-refractivity contribution in [3.63, 3.8) is 0 Å². The van der Waals surface area contributed by atoms with Crippen LogP contribution >= 0.6 is 0 Å². The Morgan fingerprint density at radius 3 is 2.33 bits per heavy atom. The van der Waals surface area contributed by atoms with Crippen molar-refractivity contribution >= 4 is 11.9 Å². The van der Waals surface area contributed by atoms with Crippen LogP contribution in [0.3, 0.4) is 0 Å². The molecule has 0 aliphatic carbocycles. The van der Waals surface area contributed by atoms with Crippen LogP contribution in [0.1, 0.15) is 33.5 Å². The molecule has 0 radical (unpaired) electrons. The van der Waals surface area contributed by atoms with E-state index in [1.807, 2.05) is 56.3 Å². The summed E-state index contributed by atoms with van der Waals surface area (Å²) in [5, 5.41) is 0. The van der Waals surface area contributed by atoms with Crippen LogP contribution < -0.4 is 0 Å². The molecule has 0 bridgehead atoms. The highest BCUT2D eigenvalue weighted by atomic mass is 16.5. The molecule has 4 nitrogen and oxygen atoms in total. The monoisotopic (exact) mass is 325 g/mol. The van der Waals surface area contributed by atoms with Crippen LogP contribution in [0.15, 0.2) is 48.5 Å². The number of rotatable bonds is 6. The van der Waals surface area contributed by atoms with Crippen molar-refractivity contribution in [1.82, 2.24) is 4.90 Å². The van der Waals surface area contributed by atoms with Crippen molar-refractivity contribution in [3.05, 3.63) is 70.8 Å². The zero-order chi connectivity index (χ0) is 17.5. The van der Waals surface area contributed by atoms with Gasteiger partial charge in [-0.15, -0.1) is 0 Å². The second-order valence-electron chi connectivity index (χ2n) is 5.91. The Labute approximate surface area is 143 Å². The molecule has 0 fully saturated rings. The highest BCUT2D eigenvalue weighted by Gasteiger charge is 2.17. The van der Waals surface area contributed by atoms with E-state index in [-0.39, 0.29) is 18.3 Å². The average Bonchev–Trinajstić information content (AvgIpc) is 2.59. The molecule has 0 heterocycles. The lowest BCUT2D eigenvalue weighted by molar-refractivity contribution is -0.140. The summed E-state index contributed by atoms with van der Waals surface area (Å²) in [6.07, 6.45) is 0.180. The fourth-order valence-corrected chi connectivity index (χ4v) is 2.46. The second kappa shape index (κ2) is 8.29. The number of ether oxygens (including phenoxy) is 1. The highest BCUT2D eigenvalue weighted by molar-refractivity contribution is 5.94. The van der Waals surface area contributed by atoms with Gasteiger partial charge in [-0.2, -0.15) is 0 Å². The van der Waals surface area contributed by atoms with Gasteiger partial charge in [0.25, 0.3) is 5.91 Å². The second-order valence-corrected chi connectivity index (χ2v) is 5.91. The number of methoxy groups -OCH3 is 1. The van der Waals surface area contributed by atoms with E-state index in [1.165, 1.54) is 12.7 Å². The lowest BCUT2D eigenvalue weighted by Gasteiger charge is -2.23. The smallest absolute Gasteiger partial charge is 0.307 e. The molecular weight excluding hydrogens is 302 g/mol. The normalized spacial score (nSPS) is 10.3. The molecule has 2 aromatic rings. The molecule has 0 atom stereocenters. The van der Waals surface area contributed by atoms with Gasteiger partial charge in [0.05, 0.1) is 13.5 Å². The number of nitrogens with zero attached hydrogens (tertiary/aromatic N) is 1. The zero-order valence-corrected chi connectivity index (χ0v) is 14.4. The Morgan fingerprint density at radius 2 is 1.71 bits per heavy atom. The maximum absolute atomic E-state index is 12.8. The molecule has 0 N–H and O–H groups in total. The summed E-state index contributed by atoms with van der Waals surface area (Å²) in [6.45, 7) is 4.77. The van der Waals surface area contributed by atoms with Crippen LogP contribution in [0.2, 0.25) is 0 Å². The van der Waals surface area contributed by atoms with Gasteiger partial charge in [0, 0.05) is 18.7 Å². The molecule has 2 aromatic carbocycles. The van der Waals surface area contributed by atoms with E-state index in [9.17, 15) is 9.59 Å². The first-order valence-corrected chi connectivity index (χ1v) is 7.98. The van der Waals surface area contributed by atoms with Crippen LogP contribution in [0, 0.1) is 13.8 Å². The first-order chi connectivity index (χ1) is 11.5. The summed E-state index contributed by atoms with van der Waals surface area (Å²) in [6, 6.07) is 15.5. The largest absolute Gasteiger partial charge is 0.469 e. The number of carbonyl (C=O) groups excluding carboxylic acids is 2. The van der Waals surface area contributed by atoms with Crippen LogP contribution in [-0.4, -0.2) is 30.4 Å². The van der Waals surface area contributed by atoms with Crippen molar-refractivity contribution in [1.29, 1.82) is 0 Å². The molecule has 4 heteroatoms. The van der Waals surface area contributed by atoms with E-state index in [0.717, 1.165) is 11.1 Å². The van der Waals surface area contributed by atoms with E-state index in [0.29, 0.717) is 18.7 Å². The molecule has 0 aliphatic rings. The first kappa shape index (κ1) is 17.7. The van der Waals surface area contributed by atoms with Crippen LogP contribution in [0.25, 0.3) is 0 Å². The van der Waals surface area contributed by atoms with Crippen molar-refractivity contribution in [2.24, 2.45) is 0 Å². The molecule has 126 valence electrons. The summed E-state index contributed by atoms with van der Waals surface area (Å²) in [5.74, 6) is -0.399. The third kappa shape index (κ3) is 4.95. The minimum Gasteiger partial charge on any atom is -0.469 e. The van der Waals surface area contributed by atoms with E-state index in [4.69, 9.17) is 4.74 Å². The molecule has 0 aliphatic heterocycles. The number of hydrogen-bond donors (Lipinski definition) is 0. The fraction of sp³-hybridized carbons (Fsp3) is 0.300. The minimum atomic E-state index is -0.319. The molecule has 2 rings (SSSR count). The molecule has 0 unspecified atom stereocenters. The van der Waals surface area contributed by atoms with Gasteiger partial charge in [0.15, 0.2) is 0 Å². The van der Waals surface area contributed by atoms with Crippen molar-refractivity contribution in [2.75, 3.05) is 13.7 Å². The van der Waals surface area contributed by atoms with Crippen LogP contribution in [0.4, 0.5) is 0 Å². The molecule has 0 aromatic heterocycles. The number of amides is 1. The number of hydrogen-bond acceptors (Lipinski definition) is 3. The standard InChI is InChI=1S/C20H23NO3/c1-15-7-9-17(10-8-15)14-21(12-11-19(22)24-3)20(23)18-6-4-5-16(2)13-18/h4-10,13H,11-12,14H2,1-3H3. The maximum Gasteiger partial charge on any atom is 0.307 e. The Bertz CT molecular complexity index is 707. The Morgan fingerprint density at radius 1 is 1.00 bits per heavy atom. The topological polar surface area (TPSA) is 46.6 Å². The summed E-state index contributed by atoms with van der Waals surface area (Å²) >= 11 is 0. The number of carbonyl (C=O) groups is 2. The molecule has 0 saturated carbocycles. The summed E-state index contributed by atoms with van der Waals surface area (Å²) in [5.41, 5.74) is 3.87. The van der Waals surface area contributed by atoms with E-state index < -0.39 is 0 Å². The molecular formula is C20H23NO3. The van der Waals surface area contributed by atoms with E-state index in [1.54, 1.807) is 11.0 Å². The summed E-state index contributed by atoms with van der Waals surface area (Å²) in [4.78, 5) is 26.0. The summed E-state index contributed by atoms with van der Waals surface area (Å²) < 4.78 is 4.69. The average molecular weight is 325 g/mol. The molecule has 1 amide bonds. The molecule has 0 saturated heterocycles. The minimum absolute atomic E-state index is 0.0804. The predicted molar refractivity (Wildman–Crippen MR) is 93.7 cm³/mol. The van der Waals surface area contributed by atoms with Gasteiger partial charge in [-0.1, -0.05) is 47.5 Å². The lowest BCUT2D eigenvalue weighted by atomic mass is 10.1. The molecule has 24 heavy (non-hydrogen) atoms. The van der Waals surface area contributed by atoms with Gasteiger partial charge in [-0.3, -0.25) is 9.59 Å². The lowest BCUT2D eigenvalue weighted by Crippen LogP contribution is -2.32. The van der Waals surface area contributed by atoms with Crippen molar-refractivity contribution in [2.45, 2.75) is 26.8 Å². The Kier molecular flexibility index (Phi) is 6.13. The predicted octanol–water partition coefficient (Wildman–Crippen LogP) is 3.51. The van der Waals surface area contributed by atoms with Gasteiger partial charge in [0.1, 0.15) is 0 Å². The van der Waals surface area contributed by atoms with Crippen LogP contribution in [-0.2, 0) is 16.1 Å². The van der Waals surface area contributed by atoms with Crippen molar-refractivity contribution < 1.29 is 14.3 Å². The van der Waals surface area contributed by atoms with Gasteiger partial charge in [0.2, 0.25) is 0 Å². The van der Waals surface area contributed by atoms with E-state index in [2.05, 4.69) is 0 Å². The summed E-state index contributed by atoms with van der Waals surface area (Å²) in [7, 11) is 1.36. The maximum atomic E-state index is 12.8.